The fourth-order valence-corrected chi connectivity index (χ4v) is 2.13. The number of methoxy groups -OCH3 is 1. The van der Waals surface area contributed by atoms with E-state index in [4.69, 9.17) is 10.5 Å². The van der Waals surface area contributed by atoms with Crippen LogP contribution in [0.2, 0.25) is 0 Å². The van der Waals surface area contributed by atoms with E-state index >= 15 is 0 Å². The summed E-state index contributed by atoms with van der Waals surface area (Å²) in [5.74, 6) is 0.682. The number of nitrogens with two attached hydrogens (primary N) is 1. The highest BCUT2D eigenvalue weighted by Gasteiger charge is 2.33. The highest BCUT2D eigenvalue weighted by Crippen LogP contribution is 2.33. The van der Waals surface area contributed by atoms with Crippen molar-refractivity contribution in [1.29, 1.82) is 0 Å². The molecule has 0 aliphatic heterocycles. The fourth-order valence-electron chi connectivity index (χ4n) is 2.13. The van der Waals surface area contributed by atoms with Gasteiger partial charge in [-0.1, -0.05) is 19.3 Å². The second kappa shape index (κ2) is 4.24. The number of rotatable bonds is 3. The van der Waals surface area contributed by atoms with Crippen LogP contribution in [0.3, 0.4) is 0 Å². The molecular formula is C10H21NO. The molecule has 2 N–H and O–H groups in total. The first-order valence-corrected chi connectivity index (χ1v) is 4.98. The maximum Gasteiger partial charge on any atom is 0.0800 e. The van der Waals surface area contributed by atoms with Gasteiger partial charge in [-0.3, -0.25) is 0 Å². The SMILES string of the molecule is COC(C)(CN)C1CCCCC1. The topological polar surface area (TPSA) is 35.2 Å². The third kappa shape index (κ3) is 1.99. The minimum Gasteiger partial charge on any atom is -0.377 e. The van der Waals surface area contributed by atoms with E-state index in [0.717, 1.165) is 0 Å². The van der Waals surface area contributed by atoms with Crippen LogP contribution < -0.4 is 5.73 Å². The van der Waals surface area contributed by atoms with Crippen LogP contribution in [0, 0.1) is 5.92 Å². The summed E-state index contributed by atoms with van der Waals surface area (Å²) in [7, 11) is 1.78. The van der Waals surface area contributed by atoms with E-state index < -0.39 is 0 Å². The van der Waals surface area contributed by atoms with E-state index in [-0.39, 0.29) is 5.60 Å². The molecule has 0 bridgehead atoms. The molecule has 0 spiro atoms. The standard InChI is InChI=1S/C10H21NO/c1-10(8-11,12-2)9-6-4-3-5-7-9/h9H,3-8,11H2,1-2H3. The molecular weight excluding hydrogens is 150 g/mol. The predicted octanol–water partition coefficient (Wildman–Crippen LogP) is 1.93. The zero-order chi connectivity index (χ0) is 9.03. The molecule has 1 unspecified atom stereocenters. The second-order valence-corrected chi connectivity index (χ2v) is 4.06. The molecule has 0 radical (unpaired) electrons. The molecule has 2 nitrogen and oxygen atoms in total. The van der Waals surface area contributed by atoms with Crippen molar-refractivity contribution >= 4 is 0 Å². The Balaban J connectivity index is 2.51. The summed E-state index contributed by atoms with van der Waals surface area (Å²) in [5, 5.41) is 0. The van der Waals surface area contributed by atoms with Gasteiger partial charge in [0.1, 0.15) is 0 Å². The normalized spacial score (nSPS) is 25.2. The van der Waals surface area contributed by atoms with Crippen molar-refractivity contribution < 1.29 is 4.74 Å². The molecule has 1 aliphatic rings. The van der Waals surface area contributed by atoms with Crippen LogP contribution in [0.25, 0.3) is 0 Å². The van der Waals surface area contributed by atoms with Crippen molar-refractivity contribution in [3.63, 3.8) is 0 Å². The Morgan fingerprint density at radius 1 is 1.33 bits per heavy atom. The molecule has 0 aromatic rings. The zero-order valence-electron chi connectivity index (χ0n) is 8.31. The van der Waals surface area contributed by atoms with Crippen molar-refractivity contribution in [3.05, 3.63) is 0 Å². The third-order valence-electron chi connectivity index (χ3n) is 3.34. The van der Waals surface area contributed by atoms with Crippen LogP contribution in [0.4, 0.5) is 0 Å². The van der Waals surface area contributed by atoms with Crippen LogP contribution in [0.15, 0.2) is 0 Å². The van der Waals surface area contributed by atoms with Crippen LogP contribution in [-0.4, -0.2) is 19.3 Å². The van der Waals surface area contributed by atoms with E-state index in [0.29, 0.717) is 12.5 Å². The molecule has 0 aromatic carbocycles. The first-order valence-electron chi connectivity index (χ1n) is 4.98. The summed E-state index contributed by atoms with van der Waals surface area (Å²) >= 11 is 0. The number of hydrogen-bond acceptors (Lipinski definition) is 2. The van der Waals surface area contributed by atoms with Gasteiger partial charge in [0.2, 0.25) is 0 Å². The highest BCUT2D eigenvalue weighted by molar-refractivity contribution is 4.86. The second-order valence-electron chi connectivity index (χ2n) is 4.06. The van der Waals surface area contributed by atoms with Gasteiger partial charge in [-0.05, 0) is 25.7 Å². The molecule has 1 saturated carbocycles. The average molecular weight is 171 g/mol. The van der Waals surface area contributed by atoms with Gasteiger partial charge in [-0.2, -0.15) is 0 Å². The lowest BCUT2D eigenvalue weighted by Gasteiger charge is -2.37. The fraction of sp³-hybridized carbons (Fsp3) is 1.00. The molecule has 1 aliphatic carbocycles. The summed E-state index contributed by atoms with van der Waals surface area (Å²) in [4.78, 5) is 0. The van der Waals surface area contributed by atoms with E-state index in [1.54, 1.807) is 7.11 Å². The summed E-state index contributed by atoms with van der Waals surface area (Å²) in [6, 6.07) is 0. The maximum absolute atomic E-state index is 5.72. The van der Waals surface area contributed by atoms with Crippen molar-refractivity contribution in [2.75, 3.05) is 13.7 Å². The molecule has 1 fully saturated rings. The summed E-state index contributed by atoms with van der Waals surface area (Å²) in [6.07, 6.45) is 6.68. The maximum atomic E-state index is 5.72. The quantitative estimate of drug-likeness (QED) is 0.704. The largest absolute Gasteiger partial charge is 0.377 e. The van der Waals surface area contributed by atoms with Gasteiger partial charge in [0.15, 0.2) is 0 Å². The van der Waals surface area contributed by atoms with Crippen molar-refractivity contribution in [3.8, 4) is 0 Å². The molecule has 0 saturated heterocycles. The molecule has 12 heavy (non-hydrogen) atoms. The highest BCUT2D eigenvalue weighted by atomic mass is 16.5. The molecule has 0 aromatic heterocycles. The lowest BCUT2D eigenvalue weighted by molar-refractivity contribution is -0.0475. The summed E-state index contributed by atoms with van der Waals surface area (Å²) < 4.78 is 5.50. The van der Waals surface area contributed by atoms with Crippen LogP contribution >= 0.6 is 0 Å². The van der Waals surface area contributed by atoms with Crippen LogP contribution in [-0.2, 0) is 4.74 Å². The van der Waals surface area contributed by atoms with Crippen LogP contribution in [0.1, 0.15) is 39.0 Å². The molecule has 2 heteroatoms. The Bertz CT molecular complexity index is 126. The monoisotopic (exact) mass is 171 g/mol. The summed E-state index contributed by atoms with van der Waals surface area (Å²) in [6.45, 7) is 2.79. The first-order chi connectivity index (χ1) is 5.73. The minimum absolute atomic E-state index is 0.0690. The lowest BCUT2D eigenvalue weighted by atomic mass is 9.78. The molecule has 1 atom stereocenters. The molecule has 0 amide bonds. The van der Waals surface area contributed by atoms with E-state index in [9.17, 15) is 0 Å². The van der Waals surface area contributed by atoms with Gasteiger partial charge in [-0.15, -0.1) is 0 Å². The molecule has 1 rings (SSSR count). The van der Waals surface area contributed by atoms with Crippen molar-refractivity contribution in [2.45, 2.75) is 44.6 Å². The zero-order valence-corrected chi connectivity index (χ0v) is 8.31. The average Bonchev–Trinajstić information content (AvgIpc) is 2.18. The third-order valence-corrected chi connectivity index (χ3v) is 3.34. The smallest absolute Gasteiger partial charge is 0.0800 e. The van der Waals surface area contributed by atoms with Gasteiger partial charge in [0, 0.05) is 13.7 Å². The molecule has 72 valence electrons. The van der Waals surface area contributed by atoms with Crippen LogP contribution in [0.5, 0.6) is 0 Å². The molecule has 0 heterocycles. The van der Waals surface area contributed by atoms with E-state index in [2.05, 4.69) is 6.92 Å². The Labute approximate surface area is 75.5 Å². The Hall–Kier alpha value is -0.0800. The van der Waals surface area contributed by atoms with Crippen molar-refractivity contribution in [1.82, 2.24) is 0 Å². The summed E-state index contributed by atoms with van der Waals surface area (Å²) in [5.41, 5.74) is 5.65. The van der Waals surface area contributed by atoms with Gasteiger partial charge >= 0.3 is 0 Å². The minimum atomic E-state index is -0.0690. The first kappa shape index (κ1) is 10.0. The Morgan fingerprint density at radius 2 is 1.92 bits per heavy atom. The van der Waals surface area contributed by atoms with Gasteiger partial charge < -0.3 is 10.5 Å². The number of hydrogen-bond donors (Lipinski definition) is 1. The predicted molar refractivity (Wildman–Crippen MR) is 51.0 cm³/mol. The Morgan fingerprint density at radius 3 is 2.33 bits per heavy atom. The lowest BCUT2D eigenvalue weighted by Crippen LogP contribution is -2.44. The van der Waals surface area contributed by atoms with E-state index in [1.165, 1.54) is 32.1 Å². The van der Waals surface area contributed by atoms with Gasteiger partial charge in [-0.25, -0.2) is 0 Å². The van der Waals surface area contributed by atoms with Crippen molar-refractivity contribution in [2.24, 2.45) is 11.7 Å². The Kier molecular flexibility index (Phi) is 3.53. The van der Waals surface area contributed by atoms with Gasteiger partial charge in [0.05, 0.1) is 5.60 Å². The number of ether oxygens (including phenoxy) is 1. The van der Waals surface area contributed by atoms with E-state index in [1.807, 2.05) is 0 Å². The van der Waals surface area contributed by atoms with Gasteiger partial charge in [0.25, 0.3) is 0 Å².